The van der Waals surface area contributed by atoms with E-state index >= 15 is 0 Å². The van der Waals surface area contributed by atoms with Gasteiger partial charge in [0.1, 0.15) is 0 Å². The maximum absolute atomic E-state index is 12.2. The maximum Gasteiger partial charge on any atom is 0.324 e. The fourth-order valence-corrected chi connectivity index (χ4v) is 2.95. The van der Waals surface area contributed by atoms with E-state index in [1.54, 1.807) is 17.2 Å². The molecule has 1 aliphatic rings. The number of hydrazine groups is 1. The zero-order valence-corrected chi connectivity index (χ0v) is 14.6. The van der Waals surface area contributed by atoms with Crippen LogP contribution in [0.25, 0.3) is 0 Å². The Labute approximate surface area is 147 Å². The number of carbonyl (C=O) groups is 2. The SMILES string of the molecule is CS(=O)(=O)NNC(=O)C1=CC=CN(CC(=O)c2ccc([N+](=O)[O-])s2)C1. The third-order valence-corrected chi connectivity index (χ3v) is 4.55. The number of Topliss-reactive ketones (excluding diaryl/α,β-unsaturated/α-hetero) is 1. The zero-order chi connectivity index (χ0) is 18.6. The Bertz CT molecular complexity index is 871. The van der Waals surface area contributed by atoms with E-state index in [0.29, 0.717) is 0 Å². The van der Waals surface area contributed by atoms with Crippen molar-refractivity contribution in [2.75, 3.05) is 19.3 Å². The van der Waals surface area contributed by atoms with Gasteiger partial charge >= 0.3 is 5.00 Å². The van der Waals surface area contributed by atoms with Crippen molar-refractivity contribution in [1.29, 1.82) is 0 Å². The number of ketones is 1. The predicted octanol–water partition coefficient (Wildman–Crippen LogP) is 0.175. The Morgan fingerprint density at radius 1 is 1.40 bits per heavy atom. The lowest BCUT2D eigenvalue weighted by Crippen LogP contribution is -2.43. The minimum Gasteiger partial charge on any atom is -0.365 e. The van der Waals surface area contributed by atoms with Gasteiger partial charge in [0.2, 0.25) is 10.0 Å². The summed E-state index contributed by atoms with van der Waals surface area (Å²) in [4.78, 5) is 37.8. The molecule has 1 aliphatic heterocycles. The molecule has 0 bridgehead atoms. The Morgan fingerprint density at radius 2 is 2.12 bits per heavy atom. The second-order valence-corrected chi connectivity index (χ2v) is 7.90. The number of nitrogens with zero attached hydrogens (tertiary/aromatic N) is 2. The number of nitrogens with one attached hydrogen (secondary N) is 2. The predicted molar refractivity (Wildman–Crippen MR) is 90.2 cm³/mol. The largest absolute Gasteiger partial charge is 0.365 e. The van der Waals surface area contributed by atoms with Crippen LogP contribution in [0.2, 0.25) is 0 Å². The van der Waals surface area contributed by atoms with Crippen LogP contribution >= 0.6 is 11.3 Å². The summed E-state index contributed by atoms with van der Waals surface area (Å²) < 4.78 is 21.9. The number of amides is 1. The average molecular weight is 386 g/mol. The molecule has 1 aromatic heterocycles. The van der Waals surface area contributed by atoms with E-state index in [2.05, 4.69) is 5.43 Å². The monoisotopic (exact) mass is 386 g/mol. The molecular weight excluding hydrogens is 372 g/mol. The lowest BCUT2D eigenvalue weighted by atomic mass is 10.1. The van der Waals surface area contributed by atoms with Crippen LogP contribution in [0.5, 0.6) is 0 Å². The van der Waals surface area contributed by atoms with E-state index < -0.39 is 20.9 Å². The number of nitro groups is 1. The smallest absolute Gasteiger partial charge is 0.324 e. The van der Waals surface area contributed by atoms with Crippen molar-refractivity contribution in [3.8, 4) is 0 Å². The van der Waals surface area contributed by atoms with Crippen molar-refractivity contribution < 1.29 is 22.9 Å². The fraction of sp³-hybridized carbons (Fsp3) is 0.231. The summed E-state index contributed by atoms with van der Waals surface area (Å²) in [7, 11) is -3.58. The van der Waals surface area contributed by atoms with Crippen LogP contribution in [0.4, 0.5) is 5.00 Å². The second-order valence-electron chi connectivity index (χ2n) is 5.08. The molecule has 0 aromatic carbocycles. The van der Waals surface area contributed by atoms with Crippen molar-refractivity contribution in [3.05, 3.63) is 51.0 Å². The van der Waals surface area contributed by atoms with Crippen molar-refractivity contribution in [2.45, 2.75) is 0 Å². The summed E-state index contributed by atoms with van der Waals surface area (Å²) >= 11 is 0.786. The number of thiophene rings is 1. The summed E-state index contributed by atoms with van der Waals surface area (Å²) in [6.45, 7) is 0.0191. The average Bonchev–Trinajstić information content (AvgIpc) is 3.02. The van der Waals surface area contributed by atoms with Gasteiger partial charge in [-0.1, -0.05) is 17.4 Å². The summed E-state index contributed by atoms with van der Waals surface area (Å²) in [5, 5.41) is 10.5. The Balaban J connectivity index is 1.95. The lowest BCUT2D eigenvalue weighted by Gasteiger charge is -2.23. The highest BCUT2D eigenvalue weighted by Gasteiger charge is 2.20. The normalized spacial score (nSPS) is 14.1. The fourth-order valence-electron chi connectivity index (χ4n) is 1.92. The Kier molecular flexibility index (Phi) is 5.66. The van der Waals surface area contributed by atoms with E-state index in [4.69, 9.17) is 0 Å². The van der Waals surface area contributed by atoms with Crippen LogP contribution in [0, 0.1) is 10.1 Å². The third kappa shape index (κ3) is 5.48. The molecule has 2 heterocycles. The van der Waals surface area contributed by atoms with Crippen LogP contribution < -0.4 is 10.3 Å². The molecule has 0 spiro atoms. The van der Waals surface area contributed by atoms with Crippen LogP contribution in [0.15, 0.2) is 36.1 Å². The zero-order valence-electron chi connectivity index (χ0n) is 13.0. The first-order valence-corrected chi connectivity index (χ1v) is 9.52. The molecule has 0 aliphatic carbocycles. The van der Waals surface area contributed by atoms with Crippen LogP contribution in [-0.2, 0) is 14.8 Å². The topological polar surface area (TPSA) is 139 Å². The van der Waals surface area contributed by atoms with Gasteiger partial charge < -0.3 is 4.90 Å². The first-order valence-electron chi connectivity index (χ1n) is 6.81. The summed E-state index contributed by atoms with van der Waals surface area (Å²) in [6, 6.07) is 2.65. The molecule has 134 valence electrons. The quantitative estimate of drug-likeness (QED) is 0.387. The van der Waals surface area contributed by atoms with E-state index in [1.807, 2.05) is 4.83 Å². The third-order valence-electron chi connectivity index (χ3n) is 3.00. The van der Waals surface area contributed by atoms with Crippen molar-refractivity contribution >= 4 is 38.1 Å². The molecule has 0 saturated heterocycles. The van der Waals surface area contributed by atoms with E-state index in [1.165, 1.54) is 18.2 Å². The van der Waals surface area contributed by atoms with E-state index in [0.717, 1.165) is 17.6 Å². The molecule has 0 radical (unpaired) electrons. The van der Waals surface area contributed by atoms with Gasteiger partial charge in [-0.3, -0.25) is 25.1 Å². The molecule has 1 amide bonds. The highest BCUT2D eigenvalue weighted by Crippen LogP contribution is 2.24. The number of hydrogen-bond acceptors (Lipinski definition) is 8. The van der Waals surface area contributed by atoms with Crippen LogP contribution in [-0.4, -0.2) is 49.3 Å². The number of rotatable bonds is 7. The number of carbonyl (C=O) groups excluding carboxylic acids is 2. The molecule has 2 N–H and O–H groups in total. The van der Waals surface area contributed by atoms with Crippen LogP contribution in [0.1, 0.15) is 9.67 Å². The van der Waals surface area contributed by atoms with E-state index in [-0.39, 0.29) is 34.3 Å². The van der Waals surface area contributed by atoms with Gasteiger partial charge in [-0.05, 0) is 18.3 Å². The summed E-state index contributed by atoms with van der Waals surface area (Å²) in [5.74, 6) is -0.961. The minimum absolute atomic E-state index is 0.0711. The minimum atomic E-state index is -3.58. The number of hydrogen-bond donors (Lipinski definition) is 2. The van der Waals surface area contributed by atoms with Gasteiger partial charge in [-0.15, -0.1) is 4.83 Å². The Morgan fingerprint density at radius 3 is 2.72 bits per heavy atom. The molecule has 0 fully saturated rings. The molecule has 0 saturated carbocycles. The second kappa shape index (κ2) is 7.55. The molecule has 2 rings (SSSR count). The molecule has 25 heavy (non-hydrogen) atoms. The van der Waals surface area contributed by atoms with Crippen molar-refractivity contribution in [1.82, 2.24) is 15.2 Å². The molecule has 1 aromatic rings. The molecule has 0 unspecified atom stereocenters. The van der Waals surface area contributed by atoms with Gasteiger partial charge in [0.05, 0.1) is 22.6 Å². The number of allylic oxidation sites excluding steroid dienone is 2. The van der Waals surface area contributed by atoms with Crippen LogP contribution in [0.3, 0.4) is 0 Å². The Hall–Kier alpha value is -2.57. The molecule has 0 atom stereocenters. The van der Waals surface area contributed by atoms with Gasteiger partial charge in [-0.2, -0.15) is 0 Å². The van der Waals surface area contributed by atoms with Gasteiger partial charge in [0, 0.05) is 18.2 Å². The van der Waals surface area contributed by atoms with E-state index in [9.17, 15) is 28.1 Å². The summed E-state index contributed by atoms with van der Waals surface area (Å²) in [5.41, 5.74) is 2.30. The maximum atomic E-state index is 12.2. The molecule has 12 heteroatoms. The standard InChI is InChI=1S/C13H14N4O6S2/c1-25(22,23)15-14-13(19)9-3-2-6-16(7-9)8-10(18)11-4-5-12(24-11)17(20)21/h2-6,15H,7-8H2,1H3,(H,14,19). The lowest BCUT2D eigenvalue weighted by molar-refractivity contribution is -0.380. The molecule has 10 nitrogen and oxygen atoms in total. The van der Waals surface area contributed by atoms with Gasteiger partial charge in [0.15, 0.2) is 5.78 Å². The van der Waals surface area contributed by atoms with Gasteiger partial charge in [0.25, 0.3) is 5.91 Å². The summed E-state index contributed by atoms with van der Waals surface area (Å²) in [6.07, 6.45) is 5.54. The van der Waals surface area contributed by atoms with Crippen molar-refractivity contribution in [2.24, 2.45) is 0 Å². The number of sulfonamides is 1. The highest BCUT2D eigenvalue weighted by atomic mass is 32.2. The highest BCUT2D eigenvalue weighted by molar-refractivity contribution is 7.88. The molecular formula is C13H14N4O6S2. The van der Waals surface area contributed by atoms with Gasteiger partial charge in [-0.25, -0.2) is 8.42 Å². The first-order chi connectivity index (χ1) is 11.7. The van der Waals surface area contributed by atoms with Crippen molar-refractivity contribution in [3.63, 3.8) is 0 Å². The first kappa shape index (κ1) is 18.8.